The van der Waals surface area contributed by atoms with Gasteiger partial charge in [0.2, 0.25) is 0 Å². The lowest BCUT2D eigenvalue weighted by Gasteiger charge is -2.43. The fourth-order valence-electron chi connectivity index (χ4n) is 3.56. The third-order valence-electron chi connectivity index (χ3n) is 4.49. The zero-order valence-corrected chi connectivity index (χ0v) is 12.2. The second-order valence-corrected chi connectivity index (χ2v) is 5.28. The molecule has 102 valence electrons. The maximum Gasteiger partial charge on any atom is 0.0832 e. The second-order valence-electron chi connectivity index (χ2n) is 5.28. The van der Waals surface area contributed by atoms with Gasteiger partial charge in [0.15, 0.2) is 0 Å². The molecule has 0 bridgehead atoms. The Labute approximate surface area is 108 Å². The summed E-state index contributed by atoms with van der Waals surface area (Å²) >= 11 is 0. The molecular weight excluding hydrogens is 210 g/mol. The molecule has 1 rings (SSSR count). The van der Waals surface area contributed by atoms with Gasteiger partial charge in [-0.3, -0.25) is 0 Å². The number of nitrogens with one attached hydrogen (secondary N) is 1. The first kappa shape index (κ1) is 15.0. The van der Waals surface area contributed by atoms with Crippen LogP contribution in [0.2, 0.25) is 0 Å². The largest absolute Gasteiger partial charge is 0.374 e. The molecular formula is C15H31NO. The summed E-state index contributed by atoms with van der Waals surface area (Å²) in [6.45, 7) is 10.8. The smallest absolute Gasteiger partial charge is 0.0832 e. The number of hydrogen-bond acceptors (Lipinski definition) is 2. The van der Waals surface area contributed by atoms with E-state index in [1.54, 1.807) is 0 Å². The highest BCUT2D eigenvalue weighted by molar-refractivity contribution is 4.96. The zero-order valence-electron chi connectivity index (χ0n) is 12.2. The van der Waals surface area contributed by atoms with Crippen molar-refractivity contribution in [1.82, 2.24) is 5.32 Å². The third kappa shape index (κ3) is 3.45. The van der Waals surface area contributed by atoms with Gasteiger partial charge in [0.25, 0.3) is 0 Å². The summed E-state index contributed by atoms with van der Waals surface area (Å²) in [5, 5.41) is 3.73. The Bertz CT molecular complexity index is 195. The van der Waals surface area contributed by atoms with E-state index in [9.17, 15) is 0 Å². The second kappa shape index (κ2) is 7.38. The predicted molar refractivity (Wildman–Crippen MR) is 74.4 cm³/mol. The van der Waals surface area contributed by atoms with Crippen LogP contribution in [0.1, 0.15) is 66.2 Å². The van der Waals surface area contributed by atoms with Crippen molar-refractivity contribution in [2.75, 3.05) is 13.2 Å². The van der Waals surface area contributed by atoms with Gasteiger partial charge in [0.05, 0.1) is 5.60 Å². The summed E-state index contributed by atoms with van der Waals surface area (Å²) in [5.41, 5.74) is 0.0553. The molecule has 17 heavy (non-hydrogen) atoms. The zero-order chi connectivity index (χ0) is 12.7. The quantitative estimate of drug-likeness (QED) is 0.699. The van der Waals surface area contributed by atoms with Crippen molar-refractivity contribution < 1.29 is 4.74 Å². The van der Waals surface area contributed by atoms with Crippen molar-refractivity contribution in [3.05, 3.63) is 0 Å². The van der Waals surface area contributed by atoms with E-state index in [2.05, 4.69) is 33.0 Å². The molecule has 0 saturated heterocycles. The first-order chi connectivity index (χ1) is 8.24. The molecule has 1 aliphatic carbocycles. The van der Waals surface area contributed by atoms with Crippen LogP contribution in [-0.2, 0) is 4.74 Å². The van der Waals surface area contributed by atoms with Crippen LogP contribution in [0.5, 0.6) is 0 Å². The molecule has 0 aromatic heterocycles. The van der Waals surface area contributed by atoms with E-state index in [0.717, 1.165) is 31.9 Å². The molecule has 0 aromatic rings. The molecule has 1 unspecified atom stereocenters. The molecule has 1 saturated carbocycles. The molecule has 1 atom stereocenters. The highest BCUT2D eigenvalue weighted by atomic mass is 16.5. The maximum absolute atomic E-state index is 6.19. The van der Waals surface area contributed by atoms with E-state index in [1.807, 2.05) is 0 Å². The van der Waals surface area contributed by atoms with Crippen LogP contribution < -0.4 is 5.32 Å². The Morgan fingerprint density at radius 2 is 1.71 bits per heavy atom. The van der Waals surface area contributed by atoms with E-state index in [4.69, 9.17) is 4.74 Å². The number of likely N-dealkylation sites (N-methyl/N-ethyl adjacent to an activating group) is 1. The molecule has 2 heteroatoms. The van der Waals surface area contributed by atoms with E-state index in [0.29, 0.717) is 6.04 Å². The topological polar surface area (TPSA) is 21.3 Å². The van der Waals surface area contributed by atoms with Crippen LogP contribution in [-0.4, -0.2) is 24.8 Å². The summed E-state index contributed by atoms with van der Waals surface area (Å²) in [6.07, 6.45) is 7.81. The van der Waals surface area contributed by atoms with E-state index >= 15 is 0 Å². The van der Waals surface area contributed by atoms with Gasteiger partial charge < -0.3 is 10.1 Å². The van der Waals surface area contributed by atoms with Gasteiger partial charge in [-0.2, -0.15) is 0 Å². The van der Waals surface area contributed by atoms with Crippen LogP contribution in [0.25, 0.3) is 0 Å². The van der Waals surface area contributed by atoms with Crippen LogP contribution in [0, 0.1) is 5.92 Å². The average molecular weight is 241 g/mol. The molecule has 2 nitrogen and oxygen atoms in total. The molecule has 0 spiro atoms. The number of hydrogen-bond donors (Lipinski definition) is 1. The first-order valence-corrected chi connectivity index (χ1v) is 7.61. The van der Waals surface area contributed by atoms with E-state index < -0.39 is 0 Å². The van der Waals surface area contributed by atoms with Crippen LogP contribution in [0.15, 0.2) is 0 Å². The van der Waals surface area contributed by atoms with Crippen molar-refractivity contribution in [2.45, 2.75) is 77.9 Å². The minimum absolute atomic E-state index is 0.0553. The minimum atomic E-state index is 0.0553. The summed E-state index contributed by atoms with van der Waals surface area (Å²) in [7, 11) is 0. The highest BCUT2D eigenvalue weighted by Crippen LogP contribution is 2.37. The number of rotatable bonds is 8. The minimum Gasteiger partial charge on any atom is -0.374 e. The van der Waals surface area contributed by atoms with Crippen molar-refractivity contribution in [1.29, 1.82) is 0 Å². The lowest BCUT2D eigenvalue weighted by Crippen LogP contribution is -2.55. The molecule has 1 fully saturated rings. The Morgan fingerprint density at radius 3 is 2.12 bits per heavy atom. The highest BCUT2D eigenvalue weighted by Gasteiger charge is 2.41. The van der Waals surface area contributed by atoms with Crippen LogP contribution in [0.4, 0.5) is 0 Å². The van der Waals surface area contributed by atoms with Gasteiger partial charge in [-0.05, 0) is 45.1 Å². The third-order valence-corrected chi connectivity index (χ3v) is 4.49. The standard InChI is InChI=1S/C15H31NO/c1-5-15(6-2,17-8-4)14(16-7-3)13-11-9-10-12-13/h13-14,16H,5-12H2,1-4H3. The van der Waals surface area contributed by atoms with Crippen LogP contribution in [0.3, 0.4) is 0 Å². The maximum atomic E-state index is 6.19. The SMILES string of the molecule is CCNC(C1CCCC1)C(CC)(CC)OCC. The van der Waals surface area contributed by atoms with Gasteiger partial charge in [-0.25, -0.2) is 0 Å². The van der Waals surface area contributed by atoms with Crippen molar-refractivity contribution in [2.24, 2.45) is 5.92 Å². The fraction of sp³-hybridized carbons (Fsp3) is 1.00. The summed E-state index contributed by atoms with van der Waals surface area (Å²) in [6, 6.07) is 0.546. The molecule has 1 aliphatic rings. The normalized spacial score (nSPS) is 19.8. The van der Waals surface area contributed by atoms with Gasteiger partial charge in [0.1, 0.15) is 0 Å². The molecule has 0 amide bonds. The average Bonchev–Trinajstić information content (AvgIpc) is 2.87. The van der Waals surface area contributed by atoms with Crippen molar-refractivity contribution in [3.63, 3.8) is 0 Å². The Morgan fingerprint density at radius 1 is 1.12 bits per heavy atom. The summed E-state index contributed by atoms with van der Waals surface area (Å²) < 4.78 is 6.19. The van der Waals surface area contributed by atoms with E-state index in [1.165, 1.54) is 25.7 Å². The monoisotopic (exact) mass is 241 g/mol. The van der Waals surface area contributed by atoms with Crippen molar-refractivity contribution >= 4 is 0 Å². The fourth-order valence-corrected chi connectivity index (χ4v) is 3.56. The molecule has 0 aliphatic heterocycles. The van der Waals surface area contributed by atoms with Gasteiger partial charge in [0, 0.05) is 12.6 Å². The Balaban J connectivity index is 2.82. The predicted octanol–water partition coefficient (Wildman–Crippen LogP) is 3.75. The molecule has 0 aromatic carbocycles. The van der Waals surface area contributed by atoms with E-state index in [-0.39, 0.29) is 5.60 Å². The van der Waals surface area contributed by atoms with Crippen molar-refractivity contribution in [3.8, 4) is 0 Å². The molecule has 1 N–H and O–H groups in total. The van der Waals surface area contributed by atoms with Gasteiger partial charge in [-0.1, -0.05) is 33.6 Å². The molecule has 0 radical (unpaired) electrons. The molecule has 0 heterocycles. The number of ether oxygens (including phenoxy) is 1. The van der Waals surface area contributed by atoms with Gasteiger partial charge in [-0.15, -0.1) is 0 Å². The Kier molecular flexibility index (Phi) is 6.50. The lowest BCUT2D eigenvalue weighted by molar-refractivity contribution is -0.0846. The first-order valence-electron chi connectivity index (χ1n) is 7.61. The van der Waals surface area contributed by atoms with Gasteiger partial charge >= 0.3 is 0 Å². The van der Waals surface area contributed by atoms with Crippen LogP contribution >= 0.6 is 0 Å². The Hall–Kier alpha value is -0.0800. The summed E-state index contributed by atoms with van der Waals surface area (Å²) in [4.78, 5) is 0. The summed E-state index contributed by atoms with van der Waals surface area (Å²) in [5.74, 6) is 0.821. The lowest BCUT2D eigenvalue weighted by atomic mass is 9.79.